The highest BCUT2D eigenvalue weighted by Crippen LogP contribution is 2.34. The number of carbonyl (C=O) groups excluding carboxylic acids is 2. The van der Waals surface area contributed by atoms with Gasteiger partial charge in [-0.05, 0) is 24.3 Å². The van der Waals surface area contributed by atoms with Gasteiger partial charge < -0.3 is 15.0 Å². The van der Waals surface area contributed by atoms with Gasteiger partial charge in [-0.25, -0.2) is 8.78 Å². The van der Waals surface area contributed by atoms with Crippen molar-refractivity contribution in [3.63, 3.8) is 0 Å². The predicted molar refractivity (Wildman–Crippen MR) is 89.6 cm³/mol. The van der Waals surface area contributed by atoms with Crippen molar-refractivity contribution in [3.8, 4) is 5.75 Å². The minimum atomic E-state index is -4.65. The number of anilines is 1. The van der Waals surface area contributed by atoms with Crippen molar-refractivity contribution in [1.82, 2.24) is 4.90 Å². The largest absolute Gasteiger partial charge is 0.481 e. The molecule has 2 aromatic carbocycles. The third kappa shape index (κ3) is 5.66. The summed E-state index contributed by atoms with van der Waals surface area (Å²) in [6.07, 6.45) is -4.65. The molecule has 10 heteroatoms. The fraction of sp³-hybridized carbons (Fsp3) is 0.222. The molecule has 0 aliphatic carbocycles. The van der Waals surface area contributed by atoms with Crippen molar-refractivity contribution in [2.45, 2.75) is 6.18 Å². The van der Waals surface area contributed by atoms with Gasteiger partial charge in [-0.15, -0.1) is 0 Å². The Balaban J connectivity index is 1.92. The van der Waals surface area contributed by atoms with Crippen molar-refractivity contribution in [3.05, 3.63) is 59.7 Å². The number of alkyl halides is 3. The molecule has 0 aromatic heterocycles. The van der Waals surface area contributed by atoms with E-state index < -0.39 is 54.0 Å². The first-order valence-corrected chi connectivity index (χ1v) is 7.86. The molecule has 0 spiro atoms. The lowest BCUT2D eigenvalue weighted by molar-refractivity contribution is -0.137. The van der Waals surface area contributed by atoms with Crippen LogP contribution in [0, 0.1) is 11.6 Å². The molecule has 0 radical (unpaired) electrons. The summed E-state index contributed by atoms with van der Waals surface area (Å²) in [5, 5.41) is 2.10. The first-order valence-electron chi connectivity index (χ1n) is 7.86. The Bertz CT molecular complexity index is 871. The van der Waals surface area contributed by atoms with Gasteiger partial charge in [-0.2, -0.15) is 13.2 Å². The van der Waals surface area contributed by atoms with E-state index in [4.69, 9.17) is 4.74 Å². The average molecular weight is 402 g/mol. The molecule has 5 nitrogen and oxygen atoms in total. The highest BCUT2D eigenvalue weighted by Gasteiger charge is 2.33. The van der Waals surface area contributed by atoms with E-state index in [0.717, 1.165) is 29.2 Å². The van der Waals surface area contributed by atoms with Crippen molar-refractivity contribution in [1.29, 1.82) is 0 Å². The molecule has 0 aliphatic rings. The molecule has 1 N–H and O–H groups in total. The fourth-order valence-corrected chi connectivity index (χ4v) is 2.17. The summed E-state index contributed by atoms with van der Waals surface area (Å²) < 4.78 is 69.9. The predicted octanol–water partition coefficient (Wildman–Crippen LogP) is 3.46. The van der Waals surface area contributed by atoms with Crippen LogP contribution in [-0.2, 0) is 15.8 Å². The lowest BCUT2D eigenvalue weighted by Gasteiger charge is -2.18. The van der Waals surface area contributed by atoms with E-state index >= 15 is 0 Å². The SMILES string of the molecule is CN(CC(=O)Nc1ccccc1C(F)(F)F)C(=O)COc1ccc(F)cc1F. The molecular formula is C18H15F5N2O3. The second-order valence-electron chi connectivity index (χ2n) is 5.70. The van der Waals surface area contributed by atoms with Crippen LogP contribution in [0.3, 0.4) is 0 Å². The molecule has 150 valence electrons. The number of nitrogens with zero attached hydrogens (tertiary/aromatic N) is 1. The molecule has 0 heterocycles. The number of nitrogens with one attached hydrogen (secondary N) is 1. The van der Waals surface area contributed by atoms with E-state index in [2.05, 4.69) is 5.32 Å². The van der Waals surface area contributed by atoms with Crippen molar-refractivity contribution in [2.24, 2.45) is 0 Å². The minimum absolute atomic E-state index is 0.355. The second kappa shape index (κ2) is 8.68. The molecule has 0 aliphatic heterocycles. The number of rotatable bonds is 6. The van der Waals surface area contributed by atoms with Crippen molar-refractivity contribution < 1.29 is 36.3 Å². The van der Waals surface area contributed by atoms with Crippen LogP contribution in [0.2, 0.25) is 0 Å². The van der Waals surface area contributed by atoms with Gasteiger partial charge in [-0.3, -0.25) is 9.59 Å². The fourth-order valence-electron chi connectivity index (χ4n) is 2.17. The summed E-state index contributed by atoms with van der Waals surface area (Å²) >= 11 is 0. The number of likely N-dealkylation sites (N-methyl/N-ethyl adjacent to an activating group) is 1. The van der Waals surface area contributed by atoms with Crippen LogP contribution in [0.5, 0.6) is 5.75 Å². The maximum absolute atomic E-state index is 13.4. The van der Waals surface area contributed by atoms with E-state index in [-0.39, 0.29) is 5.75 Å². The summed E-state index contributed by atoms with van der Waals surface area (Å²) in [6, 6.07) is 6.93. The molecule has 0 fully saturated rings. The van der Waals surface area contributed by atoms with Gasteiger partial charge in [0.05, 0.1) is 17.8 Å². The van der Waals surface area contributed by atoms with Crippen LogP contribution in [-0.4, -0.2) is 36.9 Å². The number of carbonyl (C=O) groups is 2. The first-order chi connectivity index (χ1) is 13.1. The number of ether oxygens (including phenoxy) is 1. The first kappa shape index (κ1) is 21.1. The standard InChI is InChI=1S/C18H15F5N2O3/c1-25(17(27)10-28-15-7-6-11(19)8-13(15)20)9-16(26)24-14-5-3-2-4-12(14)18(21,22)23/h2-8H,9-10H2,1H3,(H,24,26). The third-order valence-electron chi connectivity index (χ3n) is 3.56. The van der Waals surface area contributed by atoms with Gasteiger partial charge in [-0.1, -0.05) is 12.1 Å². The lowest BCUT2D eigenvalue weighted by Crippen LogP contribution is -2.37. The molecule has 0 unspecified atom stereocenters. The number of para-hydroxylation sites is 1. The number of amides is 2. The Kier molecular flexibility index (Phi) is 6.55. The molecule has 0 saturated carbocycles. The summed E-state index contributed by atoms with van der Waals surface area (Å²) in [7, 11) is 1.22. The van der Waals surface area contributed by atoms with Gasteiger partial charge in [0.15, 0.2) is 18.2 Å². The van der Waals surface area contributed by atoms with Crippen LogP contribution in [0.15, 0.2) is 42.5 Å². The summed E-state index contributed by atoms with van der Waals surface area (Å²) in [5.41, 5.74) is -1.46. The molecule has 2 rings (SSSR count). The lowest BCUT2D eigenvalue weighted by atomic mass is 10.1. The molecule has 2 amide bonds. The van der Waals surface area contributed by atoms with E-state index in [1.807, 2.05) is 0 Å². The van der Waals surface area contributed by atoms with Crippen LogP contribution in [0.4, 0.5) is 27.6 Å². The summed E-state index contributed by atoms with van der Waals surface area (Å²) in [4.78, 5) is 24.8. The highest BCUT2D eigenvalue weighted by molar-refractivity contribution is 5.95. The number of halogens is 5. The van der Waals surface area contributed by atoms with Crippen molar-refractivity contribution in [2.75, 3.05) is 25.5 Å². The van der Waals surface area contributed by atoms with Gasteiger partial charge >= 0.3 is 6.18 Å². The monoisotopic (exact) mass is 402 g/mol. The van der Waals surface area contributed by atoms with Gasteiger partial charge in [0.1, 0.15) is 5.82 Å². The number of benzene rings is 2. The van der Waals surface area contributed by atoms with E-state index in [0.29, 0.717) is 6.07 Å². The number of hydrogen-bond acceptors (Lipinski definition) is 3. The zero-order valence-electron chi connectivity index (χ0n) is 14.5. The van der Waals surface area contributed by atoms with E-state index in [1.165, 1.54) is 19.2 Å². The van der Waals surface area contributed by atoms with E-state index in [9.17, 15) is 31.5 Å². The Hall–Kier alpha value is -3.17. The van der Waals surface area contributed by atoms with Gasteiger partial charge in [0.25, 0.3) is 5.91 Å². The van der Waals surface area contributed by atoms with Crippen LogP contribution < -0.4 is 10.1 Å². The quantitative estimate of drug-likeness (QED) is 0.753. The highest BCUT2D eigenvalue weighted by atomic mass is 19.4. The third-order valence-corrected chi connectivity index (χ3v) is 3.56. The van der Waals surface area contributed by atoms with Gasteiger partial charge in [0, 0.05) is 13.1 Å². The Morgan fingerprint density at radius 3 is 2.43 bits per heavy atom. The molecule has 2 aromatic rings. The topological polar surface area (TPSA) is 58.6 Å². The molecule has 0 atom stereocenters. The molecule has 0 saturated heterocycles. The summed E-state index contributed by atoms with van der Waals surface area (Å²) in [5.74, 6) is -3.77. The smallest absolute Gasteiger partial charge is 0.418 e. The maximum Gasteiger partial charge on any atom is 0.418 e. The molecule has 28 heavy (non-hydrogen) atoms. The zero-order chi connectivity index (χ0) is 20.9. The number of hydrogen-bond donors (Lipinski definition) is 1. The van der Waals surface area contributed by atoms with Crippen molar-refractivity contribution >= 4 is 17.5 Å². The Morgan fingerprint density at radius 1 is 1.11 bits per heavy atom. The normalized spacial score (nSPS) is 11.1. The molecule has 0 bridgehead atoms. The zero-order valence-corrected chi connectivity index (χ0v) is 14.5. The molecular weight excluding hydrogens is 387 g/mol. The van der Waals surface area contributed by atoms with Crippen LogP contribution in [0.1, 0.15) is 5.56 Å². The van der Waals surface area contributed by atoms with Gasteiger partial charge in [0.2, 0.25) is 5.91 Å². The van der Waals surface area contributed by atoms with E-state index in [1.54, 1.807) is 0 Å². The Labute approximate surface area is 156 Å². The average Bonchev–Trinajstić information content (AvgIpc) is 2.60. The minimum Gasteiger partial charge on any atom is -0.481 e. The summed E-state index contributed by atoms with van der Waals surface area (Å²) in [6.45, 7) is -1.20. The maximum atomic E-state index is 13.4. The Morgan fingerprint density at radius 2 is 1.79 bits per heavy atom. The second-order valence-corrected chi connectivity index (χ2v) is 5.70. The van der Waals surface area contributed by atoms with Crippen LogP contribution in [0.25, 0.3) is 0 Å². The van der Waals surface area contributed by atoms with Crippen LogP contribution >= 0.6 is 0 Å².